The van der Waals surface area contributed by atoms with E-state index in [-0.39, 0.29) is 2.85 Å². The number of hydrogen-bond donors (Lipinski definition) is 2. The van der Waals surface area contributed by atoms with Gasteiger partial charge in [0.15, 0.2) is 17.3 Å². The molecule has 0 unspecified atom stereocenters. The van der Waals surface area contributed by atoms with Crippen LogP contribution in [0.5, 0.6) is 11.5 Å². The topological polar surface area (TPSA) is 103 Å². The number of aryl methyl sites for hydroxylation is 1. The molecule has 36 heavy (non-hydrogen) atoms. The van der Waals surface area contributed by atoms with E-state index in [0.29, 0.717) is 42.9 Å². The lowest BCUT2D eigenvalue weighted by Gasteiger charge is -2.32. The summed E-state index contributed by atoms with van der Waals surface area (Å²) in [5.41, 5.74) is 3.88. The van der Waals surface area contributed by atoms with E-state index in [0.717, 1.165) is 35.5 Å². The minimum atomic E-state index is -0.487. The lowest BCUT2D eigenvalue weighted by atomic mass is 9.90. The van der Waals surface area contributed by atoms with Crippen molar-refractivity contribution in [1.29, 1.82) is 0 Å². The number of anilines is 4. The summed E-state index contributed by atoms with van der Waals surface area (Å²) < 4.78 is 22.4. The number of aromatic nitrogens is 3. The Kier molecular flexibility index (Phi) is 8.19. The summed E-state index contributed by atoms with van der Waals surface area (Å²) in [7, 11) is 9.20. The smallest absolute Gasteiger partial charge is 0.229 e. The number of ether oxygens (including phenoxy) is 4. The summed E-state index contributed by atoms with van der Waals surface area (Å²) in [5, 5.41) is 6.51. The molecule has 5 rings (SSSR count). The van der Waals surface area contributed by atoms with Crippen molar-refractivity contribution in [2.75, 3.05) is 59.2 Å². The molecule has 0 atom stereocenters. The summed E-state index contributed by atoms with van der Waals surface area (Å²) in [4.78, 5) is 15.5. The Balaban J connectivity index is 0.000000791. The number of pyridine rings is 1. The van der Waals surface area contributed by atoms with Crippen LogP contribution >= 0.6 is 0 Å². The second-order valence-electron chi connectivity index (χ2n) is 9.04. The standard InChI is InChI=1S/C23H25N5O4.C3H9N.2H2/c1-29-19-4-3-16(12-20(19)30-2)27-22-24-8-6-21(28-22)26-17-11-15-13-23(31-9-10-32-23)7-5-18(15)25-14-17;1-4(2)3;;/h3-4,6,8,11-12,14H,5,7,9-10,13H2,1-2H3,(H2,24,26,27,28);1-3H3;2*1H. The molecule has 0 radical (unpaired) electrons. The van der Waals surface area contributed by atoms with E-state index in [4.69, 9.17) is 18.9 Å². The molecule has 196 valence electrons. The van der Waals surface area contributed by atoms with E-state index in [9.17, 15) is 0 Å². The van der Waals surface area contributed by atoms with Crippen molar-refractivity contribution in [2.24, 2.45) is 0 Å². The second-order valence-corrected chi connectivity index (χ2v) is 9.04. The van der Waals surface area contributed by atoms with Crippen LogP contribution in [0.3, 0.4) is 0 Å². The number of fused-ring (bicyclic) bond motifs is 1. The first-order valence-electron chi connectivity index (χ1n) is 11.9. The average Bonchev–Trinajstić information content (AvgIpc) is 3.31. The molecular weight excluding hydrogens is 460 g/mol. The summed E-state index contributed by atoms with van der Waals surface area (Å²) in [6.07, 6.45) is 5.93. The van der Waals surface area contributed by atoms with Crippen molar-refractivity contribution < 1.29 is 21.8 Å². The molecule has 3 heterocycles. The number of rotatable bonds is 6. The Hall–Kier alpha value is -3.47. The fourth-order valence-corrected chi connectivity index (χ4v) is 4.10. The van der Waals surface area contributed by atoms with Crippen molar-refractivity contribution in [3.8, 4) is 11.5 Å². The van der Waals surface area contributed by atoms with Gasteiger partial charge in [0.25, 0.3) is 0 Å². The second kappa shape index (κ2) is 11.5. The van der Waals surface area contributed by atoms with Gasteiger partial charge in [0.2, 0.25) is 5.95 Å². The van der Waals surface area contributed by atoms with Gasteiger partial charge in [-0.25, -0.2) is 4.98 Å². The van der Waals surface area contributed by atoms with Gasteiger partial charge in [-0.15, -0.1) is 0 Å². The molecule has 3 aromatic rings. The van der Waals surface area contributed by atoms with E-state index in [1.54, 1.807) is 20.4 Å². The third-order valence-corrected chi connectivity index (χ3v) is 5.64. The number of benzene rings is 1. The van der Waals surface area contributed by atoms with Gasteiger partial charge in [-0.2, -0.15) is 4.98 Å². The largest absolute Gasteiger partial charge is 0.493 e. The third kappa shape index (κ3) is 6.39. The zero-order chi connectivity index (χ0) is 25.5. The fraction of sp³-hybridized carbons (Fsp3) is 0.423. The number of nitrogens with zero attached hydrogens (tertiary/aromatic N) is 4. The minimum absolute atomic E-state index is 0. The first-order valence-corrected chi connectivity index (χ1v) is 11.9. The first-order chi connectivity index (χ1) is 17.4. The van der Waals surface area contributed by atoms with Crippen LogP contribution in [0.4, 0.5) is 23.1 Å². The average molecular weight is 499 g/mol. The maximum atomic E-state index is 5.88. The molecule has 0 amide bonds. The van der Waals surface area contributed by atoms with Crippen LogP contribution in [0.2, 0.25) is 0 Å². The van der Waals surface area contributed by atoms with Crippen molar-refractivity contribution in [1.82, 2.24) is 19.9 Å². The van der Waals surface area contributed by atoms with Crippen molar-refractivity contribution in [3.05, 3.63) is 54.0 Å². The molecule has 1 aromatic carbocycles. The third-order valence-electron chi connectivity index (χ3n) is 5.64. The van der Waals surface area contributed by atoms with E-state index < -0.39 is 5.79 Å². The summed E-state index contributed by atoms with van der Waals surface area (Å²) in [6, 6.07) is 9.44. The maximum absolute atomic E-state index is 5.88. The predicted molar refractivity (Wildman–Crippen MR) is 143 cm³/mol. The van der Waals surface area contributed by atoms with Crippen molar-refractivity contribution in [2.45, 2.75) is 25.0 Å². The maximum Gasteiger partial charge on any atom is 0.229 e. The van der Waals surface area contributed by atoms with Gasteiger partial charge < -0.3 is 34.5 Å². The van der Waals surface area contributed by atoms with Gasteiger partial charge in [-0.3, -0.25) is 4.98 Å². The summed E-state index contributed by atoms with van der Waals surface area (Å²) in [6.45, 7) is 1.30. The van der Waals surface area contributed by atoms with E-state index in [1.165, 1.54) is 0 Å². The molecule has 1 fully saturated rings. The predicted octanol–water partition coefficient (Wildman–Crippen LogP) is 4.28. The number of methoxy groups -OCH3 is 2. The molecule has 10 nitrogen and oxygen atoms in total. The lowest BCUT2D eigenvalue weighted by molar-refractivity contribution is -0.164. The summed E-state index contributed by atoms with van der Waals surface area (Å²) in [5.74, 6) is 1.91. The normalized spacial score (nSPS) is 15.6. The van der Waals surface area contributed by atoms with Crippen molar-refractivity contribution >= 4 is 23.1 Å². The van der Waals surface area contributed by atoms with Gasteiger partial charge in [0.05, 0.1) is 39.3 Å². The van der Waals surface area contributed by atoms with Crippen LogP contribution < -0.4 is 20.1 Å². The highest BCUT2D eigenvalue weighted by Crippen LogP contribution is 2.36. The van der Waals surface area contributed by atoms with Gasteiger partial charge in [0.1, 0.15) is 5.82 Å². The Bertz CT molecular complexity index is 1180. The molecule has 10 heteroatoms. The van der Waals surface area contributed by atoms with E-state index in [1.807, 2.05) is 56.5 Å². The molecule has 0 bridgehead atoms. The van der Waals surface area contributed by atoms with Crippen LogP contribution in [-0.4, -0.2) is 74.2 Å². The molecule has 2 N–H and O–H groups in total. The zero-order valence-corrected chi connectivity index (χ0v) is 21.5. The van der Waals surface area contributed by atoms with Crippen LogP contribution in [0.15, 0.2) is 42.7 Å². The first kappa shape index (κ1) is 25.6. The van der Waals surface area contributed by atoms with Crippen LogP contribution in [0.25, 0.3) is 0 Å². The SMILES string of the molecule is CN(C)C.COc1ccc(Nc2nccc(Nc3cnc4c(c3)CC3(CC4)OCCO3)n2)cc1OC.[HH].[HH]. The number of nitrogens with one attached hydrogen (secondary N) is 2. The molecule has 1 aliphatic heterocycles. The van der Waals surface area contributed by atoms with Gasteiger partial charge in [-0.1, -0.05) is 0 Å². The number of hydrogen-bond acceptors (Lipinski definition) is 10. The minimum Gasteiger partial charge on any atom is -0.493 e. The van der Waals surface area contributed by atoms with Crippen molar-refractivity contribution in [3.63, 3.8) is 0 Å². The molecule has 2 aliphatic rings. The lowest BCUT2D eigenvalue weighted by Crippen LogP contribution is -2.37. The molecule has 1 spiro atoms. The zero-order valence-electron chi connectivity index (χ0n) is 21.5. The monoisotopic (exact) mass is 498 g/mol. The fourth-order valence-electron chi connectivity index (χ4n) is 4.10. The Morgan fingerprint density at radius 3 is 2.42 bits per heavy atom. The van der Waals surface area contributed by atoms with Crippen LogP contribution in [0, 0.1) is 0 Å². The molecule has 1 saturated heterocycles. The molecule has 0 saturated carbocycles. The molecular formula is C26H38N6O4. The van der Waals surface area contributed by atoms with Crippen LogP contribution in [-0.2, 0) is 22.3 Å². The quantitative estimate of drug-likeness (QED) is 0.512. The van der Waals surface area contributed by atoms with E-state index >= 15 is 0 Å². The molecule has 1 aliphatic carbocycles. The van der Waals surface area contributed by atoms with E-state index in [2.05, 4.69) is 31.7 Å². The Morgan fingerprint density at radius 1 is 0.944 bits per heavy atom. The summed E-state index contributed by atoms with van der Waals surface area (Å²) >= 11 is 0. The van der Waals surface area contributed by atoms with Crippen LogP contribution in [0.1, 0.15) is 20.5 Å². The Labute approximate surface area is 214 Å². The highest BCUT2D eigenvalue weighted by atomic mass is 16.7. The molecule has 2 aromatic heterocycles. The highest BCUT2D eigenvalue weighted by molar-refractivity contribution is 5.62. The van der Waals surface area contributed by atoms with Gasteiger partial charge >= 0.3 is 0 Å². The van der Waals surface area contributed by atoms with Gasteiger partial charge in [0, 0.05) is 39.3 Å². The Morgan fingerprint density at radius 2 is 1.69 bits per heavy atom. The van der Waals surface area contributed by atoms with Gasteiger partial charge in [-0.05, 0) is 57.4 Å². The highest BCUT2D eigenvalue weighted by Gasteiger charge is 2.40.